The van der Waals surface area contributed by atoms with Crippen LogP contribution in [0, 0.1) is 19.7 Å². The van der Waals surface area contributed by atoms with Crippen LogP contribution in [0.3, 0.4) is 0 Å². The molecule has 0 aliphatic rings. The van der Waals surface area contributed by atoms with Crippen LogP contribution in [-0.4, -0.2) is 20.8 Å². The number of aromatic nitrogens is 3. The fourth-order valence-electron chi connectivity index (χ4n) is 2.50. The molecule has 0 fully saturated rings. The predicted molar refractivity (Wildman–Crippen MR) is 82.1 cm³/mol. The molecule has 0 spiro atoms. The van der Waals surface area contributed by atoms with Gasteiger partial charge in [0.15, 0.2) is 5.82 Å². The van der Waals surface area contributed by atoms with E-state index in [1.54, 1.807) is 0 Å². The number of aryl methyl sites for hydroxylation is 1. The van der Waals surface area contributed by atoms with Gasteiger partial charge in [-0.15, -0.1) is 0 Å². The second kappa shape index (κ2) is 6.35. The number of pyridine rings is 1. The normalized spacial score (nSPS) is 11.4. The highest BCUT2D eigenvalue weighted by atomic mass is 19.1. The summed E-state index contributed by atoms with van der Waals surface area (Å²) in [4.78, 5) is 4.26. The van der Waals surface area contributed by atoms with Crippen molar-refractivity contribution in [2.75, 3.05) is 0 Å². The quantitative estimate of drug-likeness (QED) is 0.920. The zero-order chi connectivity index (χ0) is 15.6. The molecule has 5 heteroatoms. The number of nitrogens with one attached hydrogen (secondary N) is 1. The van der Waals surface area contributed by atoms with E-state index in [4.69, 9.17) is 0 Å². The molecule has 0 bridgehead atoms. The molecule has 1 N–H and O–H groups in total. The van der Waals surface area contributed by atoms with E-state index in [2.05, 4.69) is 36.2 Å². The Hall–Kier alpha value is -1.75. The molecule has 2 heterocycles. The van der Waals surface area contributed by atoms with Gasteiger partial charge in [-0.3, -0.25) is 0 Å². The molecule has 4 nitrogen and oxygen atoms in total. The summed E-state index contributed by atoms with van der Waals surface area (Å²) in [6.45, 7) is 10.8. The van der Waals surface area contributed by atoms with Crippen molar-refractivity contribution in [1.82, 2.24) is 20.1 Å². The van der Waals surface area contributed by atoms with Crippen molar-refractivity contribution < 1.29 is 4.39 Å². The van der Waals surface area contributed by atoms with Crippen molar-refractivity contribution in [2.45, 2.75) is 53.6 Å². The van der Waals surface area contributed by atoms with Crippen LogP contribution in [0.2, 0.25) is 0 Å². The van der Waals surface area contributed by atoms with Gasteiger partial charge in [0, 0.05) is 23.8 Å². The third-order valence-electron chi connectivity index (χ3n) is 3.61. The first kappa shape index (κ1) is 15.6. The fraction of sp³-hybridized carbons (Fsp3) is 0.500. The molecule has 2 aromatic rings. The second-order valence-corrected chi connectivity index (χ2v) is 5.59. The first-order valence-electron chi connectivity index (χ1n) is 7.37. The Balaban J connectivity index is 2.48. The van der Waals surface area contributed by atoms with Crippen LogP contribution in [0.15, 0.2) is 12.3 Å². The van der Waals surface area contributed by atoms with E-state index in [-0.39, 0.29) is 5.82 Å². The minimum atomic E-state index is -0.323. The lowest BCUT2D eigenvalue weighted by Gasteiger charge is -2.13. The highest BCUT2D eigenvalue weighted by Crippen LogP contribution is 2.20. The molecule has 2 rings (SSSR count). The van der Waals surface area contributed by atoms with Crippen LogP contribution in [0.4, 0.5) is 4.39 Å². The average Bonchev–Trinajstić information content (AvgIpc) is 2.71. The Bertz CT molecular complexity index is 631. The van der Waals surface area contributed by atoms with Crippen molar-refractivity contribution in [2.24, 2.45) is 0 Å². The van der Waals surface area contributed by atoms with Crippen molar-refractivity contribution in [3.63, 3.8) is 0 Å². The summed E-state index contributed by atoms with van der Waals surface area (Å²) < 4.78 is 15.3. The van der Waals surface area contributed by atoms with Crippen LogP contribution in [0.1, 0.15) is 43.3 Å². The molecule has 21 heavy (non-hydrogen) atoms. The van der Waals surface area contributed by atoms with Gasteiger partial charge in [0.05, 0.1) is 11.9 Å². The third kappa shape index (κ3) is 3.29. The number of halogens is 1. The summed E-state index contributed by atoms with van der Waals surface area (Å²) in [5.41, 5.74) is 4.12. The van der Waals surface area contributed by atoms with E-state index in [1.165, 1.54) is 17.8 Å². The average molecular weight is 290 g/mol. The Kier molecular flexibility index (Phi) is 4.73. The summed E-state index contributed by atoms with van der Waals surface area (Å²) in [6, 6.07) is 1.85. The Morgan fingerprint density at radius 3 is 2.62 bits per heavy atom. The molecular weight excluding hydrogens is 267 g/mol. The van der Waals surface area contributed by atoms with Crippen LogP contribution >= 0.6 is 0 Å². The van der Waals surface area contributed by atoms with E-state index in [0.717, 1.165) is 23.4 Å². The highest BCUT2D eigenvalue weighted by molar-refractivity contribution is 5.38. The van der Waals surface area contributed by atoms with Crippen LogP contribution in [-0.2, 0) is 13.0 Å². The van der Waals surface area contributed by atoms with E-state index < -0.39 is 0 Å². The SMILES string of the molecule is CCc1c(C)nn(-c2ncc(F)cc2CNC(C)C)c1C. The minimum Gasteiger partial charge on any atom is -0.310 e. The molecule has 2 aromatic heterocycles. The number of rotatable bonds is 5. The second-order valence-electron chi connectivity index (χ2n) is 5.59. The lowest BCUT2D eigenvalue weighted by Crippen LogP contribution is -2.23. The van der Waals surface area contributed by atoms with Crippen molar-refractivity contribution >= 4 is 0 Å². The smallest absolute Gasteiger partial charge is 0.158 e. The third-order valence-corrected chi connectivity index (χ3v) is 3.61. The zero-order valence-electron chi connectivity index (χ0n) is 13.4. The van der Waals surface area contributed by atoms with Crippen LogP contribution in [0.25, 0.3) is 5.82 Å². The molecule has 0 aliphatic heterocycles. The maximum Gasteiger partial charge on any atom is 0.158 e. The number of nitrogens with zero attached hydrogens (tertiary/aromatic N) is 3. The van der Waals surface area contributed by atoms with Crippen molar-refractivity contribution in [3.8, 4) is 5.82 Å². The number of hydrogen-bond acceptors (Lipinski definition) is 3. The molecule has 0 saturated carbocycles. The van der Waals surface area contributed by atoms with E-state index in [0.29, 0.717) is 18.4 Å². The largest absolute Gasteiger partial charge is 0.310 e. The summed E-state index contributed by atoms with van der Waals surface area (Å²) in [6.07, 6.45) is 2.18. The number of hydrogen-bond donors (Lipinski definition) is 1. The van der Waals surface area contributed by atoms with Crippen molar-refractivity contribution in [1.29, 1.82) is 0 Å². The van der Waals surface area contributed by atoms with Gasteiger partial charge in [-0.25, -0.2) is 14.1 Å². The standard InChI is InChI=1S/C16H23FN4/c1-6-15-11(4)20-21(12(15)5)16-13(8-18-10(2)3)7-14(17)9-19-16/h7,9-10,18H,6,8H2,1-5H3. The van der Waals surface area contributed by atoms with Gasteiger partial charge in [0.1, 0.15) is 5.82 Å². The summed E-state index contributed by atoms with van der Waals surface area (Å²) in [7, 11) is 0. The van der Waals surface area contributed by atoms with Gasteiger partial charge in [0.25, 0.3) is 0 Å². The van der Waals surface area contributed by atoms with Gasteiger partial charge in [-0.05, 0) is 31.9 Å². The van der Waals surface area contributed by atoms with E-state index >= 15 is 0 Å². The molecule has 114 valence electrons. The first-order valence-corrected chi connectivity index (χ1v) is 7.37. The predicted octanol–water partition coefficient (Wildman–Crippen LogP) is 3.08. The molecule has 0 saturated heterocycles. The minimum absolute atomic E-state index is 0.323. The Morgan fingerprint density at radius 1 is 1.33 bits per heavy atom. The van der Waals surface area contributed by atoms with E-state index in [9.17, 15) is 4.39 Å². The van der Waals surface area contributed by atoms with Crippen LogP contribution < -0.4 is 5.32 Å². The summed E-state index contributed by atoms with van der Waals surface area (Å²) >= 11 is 0. The van der Waals surface area contributed by atoms with Gasteiger partial charge in [0.2, 0.25) is 0 Å². The maximum atomic E-state index is 13.5. The van der Waals surface area contributed by atoms with Gasteiger partial charge < -0.3 is 5.32 Å². The lowest BCUT2D eigenvalue weighted by molar-refractivity contribution is 0.573. The van der Waals surface area contributed by atoms with Gasteiger partial charge >= 0.3 is 0 Å². The molecule has 0 radical (unpaired) electrons. The Labute approximate surface area is 125 Å². The molecule has 0 unspecified atom stereocenters. The zero-order valence-corrected chi connectivity index (χ0v) is 13.4. The monoisotopic (exact) mass is 290 g/mol. The van der Waals surface area contributed by atoms with Crippen molar-refractivity contribution in [3.05, 3.63) is 40.6 Å². The molecular formula is C16H23FN4. The highest BCUT2D eigenvalue weighted by Gasteiger charge is 2.15. The molecule has 0 aromatic carbocycles. The summed E-state index contributed by atoms with van der Waals surface area (Å²) in [5.74, 6) is 0.376. The lowest BCUT2D eigenvalue weighted by atomic mass is 10.1. The molecule has 0 aliphatic carbocycles. The fourth-order valence-corrected chi connectivity index (χ4v) is 2.50. The van der Waals surface area contributed by atoms with Crippen LogP contribution in [0.5, 0.6) is 0 Å². The Morgan fingerprint density at radius 2 is 2.05 bits per heavy atom. The maximum absolute atomic E-state index is 13.5. The van der Waals surface area contributed by atoms with Gasteiger partial charge in [-0.1, -0.05) is 20.8 Å². The molecule has 0 atom stereocenters. The van der Waals surface area contributed by atoms with Gasteiger partial charge in [-0.2, -0.15) is 5.10 Å². The topological polar surface area (TPSA) is 42.7 Å². The first-order chi connectivity index (χ1) is 9.93. The van der Waals surface area contributed by atoms with E-state index in [1.807, 2.05) is 18.5 Å². The molecule has 0 amide bonds. The summed E-state index contributed by atoms with van der Waals surface area (Å²) in [5, 5.41) is 7.88.